The van der Waals surface area contributed by atoms with Gasteiger partial charge in [-0.05, 0) is 12.8 Å². The lowest BCUT2D eigenvalue weighted by Crippen LogP contribution is -2.37. The number of alkyl halides is 3. The van der Waals surface area contributed by atoms with Crippen molar-refractivity contribution in [1.29, 1.82) is 0 Å². The molecule has 0 heterocycles. The number of carbonyl (C=O) groups excluding carboxylic acids is 2. The molecule has 0 aliphatic carbocycles. The first kappa shape index (κ1) is 14.7. The van der Waals surface area contributed by atoms with E-state index in [2.05, 4.69) is 0 Å². The highest BCUT2D eigenvalue weighted by Gasteiger charge is 2.38. The smallest absolute Gasteiger partial charge is 0.370 e. The standard InChI is InChI=1S/C9H15F3N2O2/c10-9(11,12)8(16)14-6-4-2-1-3-5-7(13)15/h1-6H2,(H2,13,15)(H,14,16). The zero-order valence-corrected chi connectivity index (χ0v) is 8.77. The number of carbonyl (C=O) groups is 2. The van der Waals surface area contributed by atoms with Crippen molar-refractivity contribution < 1.29 is 22.8 Å². The van der Waals surface area contributed by atoms with Crippen LogP contribution in [0.1, 0.15) is 32.1 Å². The number of halogens is 3. The molecule has 0 rings (SSSR count). The molecule has 0 unspecified atom stereocenters. The Hall–Kier alpha value is -1.27. The van der Waals surface area contributed by atoms with Crippen LogP contribution in [0.15, 0.2) is 0 Å². The van der Waals surface area contributed by atoms with E-state index in [4.69, 9.17) is 5.73 Å². The van der Waals surface area contributed by atoms with Gasteiger partial charge in [-0.1, -0.05) is 12.8 Å². The second kappa shape index (κ2) is 7.08. The first-order valence-electron chi connectivity index (χ1n) is 4.97. The molecule has 0 saturated carbocycles. The lowest BCUT2D eigenvalue weighted by molar-refractivity contribution is -0.173. The Labute approximate surface area is 91.4 Å². The molecule has 0 atom stereocenters. The number of amides is 2. The third-order valence-corrected chi connectivity index (χ3v) is 1.89. The molecule has 0 saturated heterocycles. The van der Waals surface area contributed by atoms with E-state index in [0.29, 0.717) is 25.7 Å². The summed E-state index contributed by atoms with van der Waals surface area (Å²) in [5.74, 6) is -2.30. The normalized spacial score (nSPS) is 11.2. The highest BCUT2D eigenvalue weighted by molar-refractivity contribution is 5.81. The number of hydrogen-bond acceptors (Lipinski definition) is 2. The van der Waals surface area contributed by atoms with Gasteiger partial charge in [-0.15, -0.1) is 0 Å². The summed E-state index contributed by atoms with van der Waals surface area (Å²) in [6.45, 7) is -0.00504. The van der Waals surface area contributed by atoms with Gasteiger partial charge in [0.15, 0.2) is 0 Å². The minimum atomic E-state index is -4.81. The van der Waals surface area contributed by atoms with Gasteiger partial charge in [0, 0.05) is 13.0 Å². The van der Waals surface area contributed by atoms with E-state index in [0.717, 1.165) is 0 Å². The van der Waals surface area contributed by atoms with E-state index >= 15 is 0 Å². The summed E-state index contributed by atoms with van der Waals surface area (Å²) in [6.07, 6.45) is -2.07. The molecular weight excluding hydrogens is 225 g/mol. The number of unbranched alkanes of at least 4 members (excludes halogenated alkanes) is 3. The lowest BCUT2D eigenvalue weighted by Gasteiger charge is -2.07. The molecule has 0 aliphatic heterocycles. The van der Waals surface area contributed by atoms with Crippen molar-refractivity contribution in [2.45, 2.75) is 38.3 Å². The zero-order valence-electron chi connectivity index (χ0n) is 8.77. The second-order valence-corrected chi connectivity index (χ2v) is 3.38. The molecule has 94 valence electrons. The Balaban J connectivity index is 3.34. The van der Waals surface area contributed by atoms with E-state index in [9.17, 15) is 22.8 Å². The molecule has 4 nitrogen and oxygen atoms in total. The van der Waals surface area contributed by atoms with Crippen LogP contribution in [0, 0.1) is 0 Å². The maximum atomic E-state index is 11.7. The van der Waals surface area contributed by atoms with Crippen LogP contribution in [0.25, 0.3) is 0 Å². The van der Waals surface area contributed by atoms with Crippen LogP contribution in [-0.4, -0.2) is 24.5 Å². The fourth-order valence-corrected chi connectivity index (χ4v) is 1.08. The van der Waals surface area contributed by atoms with Crippen LogP contribution in [0.3, 0.4) is 0 Å². The molecule has 7 heteroatoms. The molecule has 0 radical (unpaired) electrons. The average Bonchev–Trinajstić information content (AvgIpc) is 2.14. The maximum absolute atomic E-state index is 11.7. The summed E-state index contributed by atoms with van der Waals surface area (Å²) in [5.41, 5.74) is 4.90. The van der Waals surface area contributed by atoms with E-state index in [1.165, 1.54) is 0 Å². The Morgan fingerprint density at radius 1 is 1.06 bits per heavy atom. The van der Waals surface area contributed by atoms with Gasteiger partial charge in [0.05, 0.1) is 0 Å². The Morgan fingerprint density at radius 2 is 1.62 bits per heavy atom. The van der Waals surface area contributed by atoms with Crippen LogP contribution in [0.4, 0.5) is 13.2 Å². The fraction of sp³-hybridized carbons (Fsp3) is 0.778. The number of nitrogens with two attached hydrogens (primary N) is 1. The second-order valence-electron chi connectivity index (χ2n) is 3.38. The van der Waals surface area contributed by atoms with Crippen LogP contribution in [0.2, 0.25) is 0 Å². The van der Waals surface area contributed by atoms with Gasteiger partial charge in [0.1, 0.15) is 0 Å². The van der Waals surface area contributed by atoms with Crippen molar-refractivity contribution in [2.24, 2.45) is 5.73 Å². The van der Waals surface area contributed by atoms with Gasteiger partial charge in [-0.3, -0.25) is 9.59 Å². The zero-order chi connectivity index (χ0) is 12.6. The summed E-state index contributed by atoms with van der Waals surface area (Å²) in [4.78, 5) is 20.7. The molecular formula is C9H15F3N2O2. The van der Waals surface area contributed by atoms with Gasteiger partial charge in [-0.25, -0.2) is 0 Å². The van der Waals surface area contributed by atoms with E-state index in [-0.39, 0.29) is 18.9 Å². The molecule has 2 amide bonds. The number of rotatable bonds is 7. The van der Waals surface area contributed by atoms with Gasteiger partial charge < -0.3 is 11.1 Å². The largest absolute Gasteiger partial charge is 0.471 e. The number of nitrogens with one attached hydrogen (secondary N) is 1. The van der Waals surface area contributed by atoms with Gasteiger partial charge in [-0.2, -0.15) is 13.2 Å². The molecule has 0 aromatic heterocycles. The summed E-state index contributed by atoms with van der Waals surface area (Å²) in [5, 5.41) is 1.77. The first-order chi connectivity index (χ1) is 7.34. The monoisotopic (exact) mass is 240 g/mol. The first-order valence-corrected chi connectivity index (χ1v) is 4.97. The Bertz CT molecular complexity index is 241. The van der Waals surface area contributed by atoms with Crippen molar-refractivity contribution in [1.82, 2.24) is 5.32 Å². The predicted molar refractivity (Wildman–Crippen MR) is 51.3 cm³/mol. The van der Waals surface area contributed by atoms with Crippen molar-refractivity contribution in [2.75, 3.05) is 6.54 Å². The van der Waals surface area contributed by atoms with Crippen LogP contribution < -0.4 is 11.1 Å². The summed E-state index contributed by atoms with van der Waals surface area (Å²) in [7, 11) is 0. The van der Waals surface area contributed by atoms with E-state index < -0.39 is 12.1 Å². The summed E-state index contributed by atoms with van der Waals surface area (Å²) >= 11 is 0. The Morgan fingerprint density at radius 3 is 2.12 bits per heavy atom. The Kier molecular flexibility index (Phi) is 6.52. The molecule has 0 aliphatic rings. The highest BCUT2D eigenvalue weighted by atomic mass is 19.4. The van der Waals surface area contributed by atoms with Crippen molar-refractivity contribution in [3.8, 4) is 0 Å². The molecule has 3 N–H and O–H groups in total. The van der Waals surface area contributed by atoms with E-state index in [1.807, 2.05) is 0 Å². The van der Waals surface area contributed by atoms with Crippen LogP contribution >= 0.6 is 0 Å². The molecule has 0 spiro atoms. The number of primary amides is 1. The summed E-state index contributed by atoms with van der Waals surface area (Å²) < 4.78 is 35.1. The SMILES string of the molecule is NC(=O)CCCCCCNC(=O)C(F)(F)F. The third-order valence-electron chi connectivity index (χ3n) is 1.89. The minimum absolute atomic E-state index is 0.00504. The molecule has 16 heavy (non-hydrogen) atoms. The summed E-state index contributed by atoms with van der Waals surface area (Å²) in [6, 6.07) is 0. The van der Waals surface area contributed by atoms with Gasteiger partial charge in [0.25, 0.3) is 0 Å². The topological polar surface area (TPSA) is 72.2 Å². The van der Waals surface area contributed by atoms with Gasteiger partial charge in [0.2, 0.25) is 5.91 Å². The quantitative estimate of drug-likeness (QED) is 0.654. The molecule has 0 bridgehead atoms. The molecule has 0 fully saturated rings. The van der Waals surface area contributed by atoms with Crippen LogP contribution in [0.5, 0.6) is 0 Å². The lowest BCUT2D eigenvalue weighted by atomic mass is 10.1. The maximum Gasteiger partial charge on any atom is 0.471 e. The van der Waals surface area contributed by atoms with E-state index in [1.54, 1.807) is 5.32 Å². The van der Waals surface area contributed by atoms with Crippen molar-refractivity contribution >= 4 is 11.8 Å². The highest BCUT2D eigenvalue weighted by Crippen LogP contribution is 2.14. The average molecular weight is 240 g/mol. The minimum Gasteiger partial charge on any atom is -0.370 e. The predicted octanol–water partition coefficient (Wildman–Crippen LogP) is 1.10. The van der Waals surface area contributed by atoms with Crippen molar-refractivity contribution in [3.05, 3.63) is 0 Å². The van der Waals surface area contributed by atoms with Gasteiger partial charge >= 0.3 is 12.1 Å². The van der Waals surface area contributed by atoms with Crippen LogP contribution in [-0.2, 0) is 9.59 Å². The fourth-order valence-electron chi connectivity index (χ4n) is 1.08. The third kappa shape index (κ3) is 8.07. The molecule has 0 aromatic rings. The number of hydrogen-bond donors (Lipinski definition) is 2. The van der Waals surface area contributed by atoms with Crippen molar-refractivity contribution in [3.63, 3.8) is 0 Å². The molecule has 0 aromatic carbocycles.